The van der Waals surface area contributed by atoms with Gasteiger partial charge in [0.25, 0.3) is 0 Å². The molecular formula is C10H11Cl2NO. The predicted molar refractivity (Wildman–Crippen MR) is 60.1 cm³/mol. The summed E-state index contributed by atoms with van der Waals surface area (Å²) < 4.78 is 0. The molecule has 0 aliphatic carbocycles. The fraction of sp³-hybridized carbons (Fsp3) is 0.300. The Hall–Kier alpha value is -0.730. The van der Waals surface area contributed by atoms with Crippen molar-refractivity contribution < 1.29 is 4.79 Å². The van der Waals surface area contributed by atoms with E-state index in [0.717, 1.165) is 5.56 Å². The standard InChI is InChI=1S/C10H11Cl2NO/c1-6-3-4-8(12)5-9(6)13-10(14)7(2)11/h3-5,7H,1-2H3,(H,13,14)/t7-/m1/s1. The summed E-state index contributed by atoms with van der Waals surface area (Å²) >= 11 is 11.4. The molecule has 1 rings (SSSR count). The van der Waals surface area contributed by atoms with Crippen molar-refractivity contribution in [3.05, 3.63) is 28.8 Å². The van der Waals surface area contributed by atoms with Crippen molar-refractivity contribution in [1.82, 2.24) is 0 Å². The molecule has 1 aromatic carbocycles. The van der Waals surface area contributed by atoms with Crippen LogP contribution >= 0.6 is 23.2 Å². The van der Waals surface area contributed by atoms with Crippen LogP contribution < -0.4 is 5.32 Å². The number of amides is 1. The van der Waals surface area contributed by atoms with Crippen molar-refractivity contribution in [1.29, 1.82) is 0 Å². The zero-order valence-corrected chi connectivity index (χ0v) is 9.49. The van der Waals surface area contributed by atoms with Gasteiger partial charge in [-0.25, -0.2) is 0 Å². The molecule has 0 saturated heterocycles. The van der Waals surface area contributed by atoms with Gasteiger partial charge in [-0.05, 0) is 31.5 Å². The summed E-state index contributed by atoms with van der Waals surface area (Å²) in [6.45, 7) is 3.52. The lowest BCUT2D eigenvalue weighted by Gasteiger charge is -2.09. The molecule has 1 atom stereocenters. The zero-order valence-electron chi connectivity index (χ0n) is 7.97. The molecule has 0 fully saturated rings. The van der Waals surface area contributed by atoms with Crippen LogP contribution in [0, 0.1) is 6.92 Å². The molecule has 0 saturated carbocycles. The molecule has 0 unspecified atom stereocenters. The van der Waals surface area contributed by atoms with Crippen molar-refractivity contribution in [2.24, 2.45) is 0 Å². The van der Waals surface area contributed by atoms with Crippen LogP contribution in [0.15, 0.2) is 18.2 Å². The Morgan fingerprint density at radius 3 is 2.71 bits per heavy atom. The first-order chi connectivity index (χ1) is 6.50. The third kappa shape index (κ3) is 2.89. The van der Waals surface area contributed by atoms with Gasteiger partial charge in [-0.2, -0.15) is 0 Å². The summed E-state index contributed by atoms with van der Waals surface area (Å²) in [6.07, 6.45) is 0. The van der Waals surface area contributed by atoms with Gasteiger partial charge in [-0.15, -0.1) is 11.6 Å². The Balaban J connectivity index is 2.86. The van der Waals surface area contributed by atoms with Gasteiger partial charge >= 0.3 is 0 Å². The molecule has 2 nitrogen and oxygen atoms in total. The minimum absolute atomic E-state index is 0.225. The second-order valence-corrected chi connectivity index (χ2v) is 4.16. The number of rotatable bonds is 2. The van der Waals surface area contributed by atoms with Crippen LogP contribution in [0.2, 0.25) is 5.02 Å². The van der Waals surface area contributed by atoms with E-state index in [4.69, 9.17) is 23.2 Å². The Labute approximate surface area is 93.2 Å². The molecule has 0 spiro atoms. The van der Waals surface area contributed by atoms with Gasteiger partial charge in [0.15, 0.2) is 0 Å². The highest BCUT2D eigenvalue weighted by atomic mass is 35.5. The summed E-state index contributed by atoms with van der Waals surface area (Å²) in [7, 11) is 0. The van der Waals surface area contributed by atoms with Gasteiger partial charge in [0.2, 0.25) is 5.91 Å². The maximum Gasteiger partial charge on any atom is 0.242 e. The first-order valence-electron chi connectivity index (χ1n) is 4.22. The van der Waals surface area contributed by atoms with E-state index < -0.39 is 5.38 Å². The molecule has 1 amide bonds. The lowest BCUT2D eigenvalue weighted by Crippen LogP contribution is -2.20. The molecule has 0 aliphatic heterocycles. The van der Waals surface area contributed by atoms with E-state index >= 15 is 0 Å². The Morgan fingerprint density at radius 1 is 1.50 bits per heavy atom. The van der Waals surface area contributed by atoms with Crippen LogP contribution in [0.1, 0.15) is 12.5 Å². The summed E-state index contributed by atoms with van der Waals surface area (Å²) in [6, 6.07) is 5.32. The number of halogens is 2. The molecule has 0 radical (unpaired) electrons. The molecule has 0 aliphatic rings. The third-order valence-electron chi connectivity index (χ3n) is 1.82. The van der Waals surface area contributed by atoms with Gasteiger partial charge in [0.1, 0.15) is 5.38 Å². The summed E-state index contributed by atoms with van der Waals surface area (Å²) in [5, 5.41) is 2.74. The predicted octanol–water partition coefficient (Wildman–Crippen LogP) is 3.21. The zero-order chi connectivity index (χ0) is 10.7. The largest absolute Gasteiger partial charge is 0.325 e. The second kappa shape index (κ2) is 4.67. The number of aryl methyl sites for hydroxylation is 1. The Bertz CT molecular complexity index is 350. The van der Waals surface area contributed by atoms with E-state index in [0.29, 0.717) is 10.7 Å². The molecule has 76 valence electrons. The molecular weight excluding hydrogens is 221 g/mol. The molecule has 4 heteroatoms. The van der Waals surface area contributed by atoms with Gasteiger partial charge in [-0.1, -0.05) is 17.7 Å². The van der Waals surface area contributed by atoms with Gasteiger partial charge in [-0.3, -0.25) is 4.79 Å². The molecule has 1 N–H and O–H groups in total. The van der Waals surface area contributed by atoms with Crippen LogP contribution in [0.5, 0.6) is 0 Å². The van der Waals surface area contributed by atoms with Crippen molar-refractivity contribution in [2.45, 2.75) is 19.2 Å². The van der Waals surface area contributed by atoms with E-state index in [2.05, 4.69) is 5.32 Å². The van der Waals surface area contributed by atoms with Crippen molar-refractivity contribution >= 4 is 34.8 Å². The van der Waals surface area contributed by atoms with Crippen molar-refractivity contribution in [2.75, 3.05) is 5.32 Å². The number of carbonyl (C=O) groups is 1. The smallest absolute Gasteiger partial charge is 0.242 e. The number of alkyl halides is 1. The Morgan fingerprint density at radius 2 is 2.14 bits per heavy atom. The molecule has 1 aromatic rings. The summed E-state index contributed by atoms with van der Waals surface area (Å²) in [5.74, 6) is -0.225. The third-order valence-corrected chi connectivity index (χ3v) is 2.25. The number of carbonyl (C=O) groups excluding carboxylic acids is 1. The average Bonchev–Trinajstić information content (AvgIpc) is 2.11. The SMILES string of the molecule is Cc1ccc(Cl)cc1NC(=O)[C@@H](C)Cl. The monoisotopic (exact) mass is 231 g/mol. The lowest BCUT2D eigenvalue weighted by atomic mass is 10.2. The maximum atomic E-state index is 11.3. The molecule has 14 heavy (non-hydrogen) atoms. The number of hydrogen-bond acceptors (Lipinski definition) is 1. The van der Waals surface area contributed by atoms with E-state index in [-0.39, 0.29) is 5.91 Å². The first kappa shape index (κ1) is 11.3. The molecule has 0 heterocycles. The minimum atomic E-state index is -0.548. The summed E-state index contributed by atoms with van der Waals surface area (Å²) in [4.78, 5) is 11.3. The van der Waals surface area contributed by atoms with E-state index in [1.165, 1.54) is 0 Å². The first-order valence-corrected chi connectivity index (χ1v) is 5.03. The average molecular weight is 232 g/mol. The van der Waals surface area contributed by atoms with Crippen LogP contribution in [0.4, 0.5) is 5.69 Å². The van der Waals surface area contributed by atoms with Gasteiger partial charge < -0.3 is 5.32 Å². The quantitative estimate of drug-likeness (QED) is 0.779. The topological polar surface area (TPSA) is 29.1 Å². The fourth-order valence-corrected chi connectivity index (χ4v) is 1.19. The maximum absolute atomic E-state index is 11.3. The lowest BCUT2D eigenvalue weighted by molar-refractivity contribution is -0.115. The molecule has 0 bridgehead atoms. The minimum Gasteiger partial charge on any atom is -0.325 e. The number of hydrogen-bond donors (Lipinski definition) is 1. The number of anilines is 1. The second-order valence-electron chi connectivity index (χ2n) is 3.06. The van der Waals surface area contributed by atoms with Gasteiger partial charge in [0, 0.05) is 10.7 Å². The highest BCUT2D eigenvalue weighted by molar-refractivity contribution is 6.32. The normalized spacial score (nSPS) is 12.3. The highest BCUT2D eigenvalue weighted by Crippen LogP contribution is 2.20. The van der Waals surface area contributed by atoms with Crippen LogP contribution in [0.25, 0.3) is 0 Å². The number of nitrogens with one attached hydrogen (secondary N) is 1. The van der Waals surface area contributed by atoms with E-state index in [9.17, 15) is 4.79 Å². The Kier molecular flexibility index (Phi) is 3.78. The number of benzene rings is 1. The van der Waals surface area contributed by atoms with Crippen LogP contribution in [0.3, 0.4) is 0 Å². The van der Waals surface area contributed by atoms with Crippen LogP contribution in [-0.2, 0) is 4.79 Å². The van der Waals surface area contributed by atoms with Crippen molar-refractivity contribution in [3.63, 3.8) is 0 Å². The van der Waals surface area contributed by atoms with Crippen molar-refractivity contribution in [3.8, 4) is 0 Å². The molecule has 0 aromatic heterocycles. The fourth-order valence-electron chi connectivity index (χ4n) is 0.961. The van der Waals surface area contributed by atoms with E-state index in [1.807, 2.05) is 13.0 Å². The summed E-state index contributed by atoms with van der Waals surface area (Å²) in [5.41, 5.74) is 1.66. The van der Waals surface area contributed by atoms with E-state index in [1.54, 1.807) is 19.1 Å². The van der Waals surface area contributed by atoms with Gasteiger partial charge in [0.05, 0.1) is 0 Å². The highest BCUT2D eigenvalue weighted by Gasteiger charge is 2.10. The van der Waals surface area contributed by atoms with Crippen LogP contribution in [-0.4, -0.2) is 11.3 Å².